The zero-order chi connectivity index (χ0) is 34.4. The Morgan fingerprint density at radius 1 is 0.979 bits per heavy atom. The molecule has 0 spiro atoms. The average molecular weight is 673 g/mol. The van der Waals surface area contributed by atoms with Gasteiger partial charge in [-0.05, 0) is 59.7 Å². The molecule has 5 rings (SSSR count). The molecule has 2 heterocycles. The molecule has 256 valence electrons. The molecule has 1 N–H and O–H groups in total. The predicted molar refractivity (Wildman–Crippen MR) is 188 cm³/mol. The van der Waals surface area contributed by atoms with Crippen LogP contribution in [0.3, 0.4) is 0 Å². The number of hydrogen-bond donors (Lipinski definition) is 1. The molecule has 2 aliphatic heterocycles. The molecule has 3 aromatic carbocycles. The first-order valence-corrected chi connectivity index (χ1v) is 19.9. The molecule has 1 unspecified atom stereocenters. The number of methoxy groups -OCH3 is 1. The van der Waals surface area contributed by atoms with Crippen LogP contribution in [0.1, 0.15) is 44.2 Å². The van der Waals surface area contributed by atoms with E-state index in [1.807, 2.05) is 66.7 Å². The number of anilines is 1. The largest absolute Gasteiger partial charge is 0.497 e. The number of carbonyl (C=O) groups is 3. The molecule has 48 heavy (non-hydrogen) atoms. The minimum Gasteiger partial charge on any atom is -0.497 e. The van der Waals surface area contributed by atoms with Crippen molar-refractivity contribution < 1.29 is 33.7 Å². The minimum atomic E-state index is -2.17. The van der Waals surface area contributed by atoms with Crippen LogP contribution in [-0.2, 0) is 36.8 Å². The van der Waals surface area contributed by atoms with Crippen LogP contribution in [0.4, 0.5) is 5.69 Å². The Kier molecular flexibility index (Phi) is 11.4. The molecule has 9 nitrogen and oxygen atoms in total. The molecule has 2 fully saturated rings. The minimum absolute atomic E-state index is 0.0153. The van der Waals surface area contributed by atoms with E-state index in [0.717, 1.165) is 29.7 Å². The van der Waals surface area contributed by atoms with Gasteiger partial charge in [0, 0.05) is 25.7 Å². The van der Waals surface area contributed by atoms with Gasteiger partial charge in [0.25, 0.3) is 0 Å². The molecular weight excluding hydrogens is 625 g/mol. The summed E-state index contributed by atoms with van der Waals surface area (Å²) >= 11 is 0. The van der Waals surface area contributed by atoms with E-state index in [1.54, 1.807) is 12.0 Å². The van der Waals surface area contributed by atoms with Gasteiger partial charge in [0.15, 0.2) is 6.23 Å². The zero-order valence-corrected chi connectivity index (χ0v) is 29.6. The Labute approximate surface area is 284 Å². The highest BCUT2D eigenvalue weighted by Crippen LogP contribution is 2.46. The summed E-state index contributed by atoms with van der Waals surface area (Å²) in [4.78, 5) is 40.8. The van der Waals surface area contributed by atoms with Crippen molar-refractivity contribution in [3.8, 4) is 5.75 Å². The van der Waals surface area contributed by atoms with Crippen molar-refractivity contribution in [1.82, 2.24) is 4.90 Å². The molecule has 0 aromatic heterocycles. The maximum Gasteiger partial charge on any atom is 0.304 e. The average Bonchev–Trinajstić information content (AvgIpc) is 3.38. The number of amides is 2. The number of aliphatic hydroxyl groups is 1. The standard InChI is InChI=1S/C38H48N2O7Si/c1-26-33(20-13-28-11-14-30(15-12-28)40-36(44)24-37(40)46-27(2)42)47-34(38(26)48(4,5)32-18-16-31(45-3)17-19-32)23-35(43)39(21-22-41)25-29-9-7-6-8-10-29/h6-12,14-19,26,33-34,37-38,41H,13,20-25H2,1-5H3/t26-,33+,34-,37?,38+/m1/s1. The summed E-state index contributed by atoms with van der Waals surface area (Å²) in [5, 5.41) is 11.1. The van der Waals surface area contributed by atoms with Gasteiger partial charge >= 0.3 is 5.97 Å². The number of ether oxygens (including phenoxy) is 3. The van der Waals surface area contributed by atoms with E-state index in [2.05, 4.69) is 32.2 Å². The number of benzene rings is 3. The third-order valence-electron chi connectivity index (χ3n) is 10.0. The first kappa shape index (κ1) is 35.3. The number of carbonyl (C=O) groups excluding carboxylic acids is 3. The topological polar surface area (TPSA) is 106 Å². The lowest BCUT2D eigenvalue weighted by Crippen LogP contribution is -2.54. The Balaban J connectivity index is 1.32. The van der Waals surface area contributed by atoms with E-state index >= 15 is 0 Å². The second-order valence-corrected chi connectivity index (χ2v) is 18.2. The Morgan fingerprint density at radius 2 is 1.67 bits per heavy atom. The molecule has 2 saturated heterocycles. The lowest BCUT2D eigenvalue weighted by atomic mass is 9.95. The third-order valence-corrected chi connectivity index (χ3v) is 14.4. The maximum atomic E-state index is 13.9. The van der Waals surface area contributed by atoms with Crippen molar-refractivity contribution in [2.75, 3.05) is 25.2 Å². The van der Waals surface area contributed by atoms with E-state index in [-0.39, 0.29) is 61.5 Å². The maximum absolute atomic E-state index is 13.9. The summed E-state index contributed by atoms with van der Waals surface area (Å²) in [6, 6.07) is 26.0. The fourth-order valence-electron chi connectivity index (χ4n) is 7.48. The Hall–Kier alpha value is -3.99. The van der Waals surface area contributed by atoms with Gasteiger partial charge in [-0.15, -0.1) is 0 Å². The molecular formula is C38H48N2O7Si. The van der Waals surface area contributed by atoms with Gasteiger partial charge in [0.2, 0.25) is 11.8 Å². The van der Waals surface area contributed by atoms with Gasteiger partial charge in [-0.2, -0.15) is 0 Å². The third kappa shape index (κ3) is 7.99. The second kappa shape index (κ2) is 15.5. The van der Waals surface area contributed by atoms with Crippen LogP contribution in [-0.4, -0.2) is 74.6 Å². The first-order valence-electron chi connectivity index (χ1n) is 16.8. The smallest absolute Gasteiger partial charge is 0.304 e. The number of esters is 1. The lowest BCUT2D eigenvalue weighted by molar-refractivity contribution is -0.154. The van der Waals surface area contributed by atoms with Gasteiger partial charge in [0.1, 0.15) is 5.75 Å². The van der Waals surface area contributed by atoms with Crippen LogP contribution < -0.4 is 14.8 Å². The van der Waals surface area contributed by atoms with Crippen molar-refractivity contribution in [1.29, 1.82) is 0 Å². The molecule has 10 heteroatoms. The number of hydrogen-bond acceptors (Lipinski definition) is 7. The molecule has 0 saturated carbocycles. The monoisotopic (exact) mass is 672 g/mol. The lowest BCUT2D eigenvalue weighted by Gasteiger charge is -2.39. The van der Waals surface area contributed by atoms with Crippen molar-refractivity contribution >= 4 is 36.7 Å². The highest BCUT2D eigenvalue weighted by Gasteiger charge is 2.51. The van der Waals surface area contributed by atoms with Crippen LogP contribution in [0.5, 0.6) is 5.75 Å². The molecule has 5 atom stereocenters. The van der Waals surface area contributed by atoms with E-state index in [0.29, 0.717) is 12.2 Å². The highest BCUT2D eigenvalue weighted by atomic mass is 28.3. The van der Waals surface area contributed by atoms with Crippen molar-refractivity contribution in [3.63, 3.8) is 0 Å². The molecule has 2 amide bonds. The van der Waals surface area contributed by atoms with Gasteiger partial charge in [-0.3, -0.25) is 19.3 Å². The predicted octanol–water partition coefficient (Wildman–Crippen LogP) is 5.05. The summed E-state index contributed by atoms with van der Waals surface area (Å²) < 4.78 is 17.6. The van der Waals surface area contributed by atoms with Gasteiger partial charge in [0.05, 0.1) is 46.8 Å². The van der Waals surface area contributed by atoms with Crippen LogP contribution in [0, 0.1) is 5.92 Å². The normalized spacial score (nSPS) is 22.2. The Morgan fingerprint density at radius 3 is 2.27 bits per heavy atom. The zero-order valence-electron chi connectivity index (χ0n) is 28.6. The van der Waals surface area contributed by atoms with Crippen LogP contribution in [0.2, 0.25) is 18.6 Å². The summed E-state index contributed by atoms with van der Waals surface area (Å²) in [6.45, 7) is 8.95. The highest BCUT2D eigenvalue weighted by molar-refractivity contribution is 6.91. The van der Waals surface area contributed by atoms with E-state index < -0.39 is 20.3 Å². The number of aryl methyl sites for hydroxylation is 1. The summed E-state index contributed by atoms with van der Waals surface area (Å²) in [5.74, 6) is 0.538. The number of aliphatic hydroxyl groups excluding tert-OH is 1. The number of rotatable bonds is 14. The summed E-state index contributed by atoms with van der Waals surface area (Å²) in [7, 11) is -0.501. The van der Waals surface area contributed by atoms with Crippen molar-refractivity contribution in [3.05, 3.63) is 90.0 Å². The molecule has 0 aliphatic carbocycles. The van der Waals surface area contributed by atoms with Crippen LogP contribution in [0.15, 0.2) is 78.9 Å². The van der Waals surface area contributed by atoms with E-state index in [4.69, 9.17) is 14.2 Å². The quantitative estimate of drug-likeness (QED) is 0.145. The summed E-state index contributed by atoms with van der Waals surface area (Å²) in [6.07, 6.45) is 1.18. The van der Waals surface area contributed by atoms with Gasteiger partial charge in [-0.25, -0.2) is 0 Å². The van der Waals surface area contributed by atoms with Crippen LogP contribution in [0.25, 0.3) is 0 Å². The number of β-lactam (4-membered cyclic amide) rings is 1. The Bertz CT molecular complexity index is 1550. The van der Waals surface area contributed by atoms with E-state index in [9.17, 15) is 19.5 Å². The van der Waals surface area contributed by atoms with Crippen molar-refractivity contribution in [2.24, 2.45) is 5.92 Å². The molecule has 0 bridgehead atoms. The van der Waals surface area contributed by atoms with Crippen LogP contribution >= 0.6 is 0 Å². The molecule has 2 aliphatic rings. The van der Waals surface area contributed by atoms with Gasteiger partial charge in [-0.1, -0.05) is 79.8 Å². The first-order chi connectivity index (χ1) is 23.0. The van der Waals surface area contributed by atoms with E-state index in [1.165, 1.54) is 17.0 Å². The fourth-order valence-corrected chi connectivity index (χ4v) is 11.5. The van der Waals surface area contributed by atoms with Crippen molar-refractivity contribution in [2.45, 2.75) is 83.1 Å². The number of nitrogens with zero attached hydrogens (tertiary/aromatic N) is 2. The molecule has 3 aromatic rings. The second-order valence-electron chi connectivity index (χ2n) is 13.5. The fraction of sp³-hybridized carbons (Fsp3) is 0.447. The summed E-state index contributed by atoms with van der Waals surface area (Å²) in [5.41, 5.74) is 3.03. The molecule has 0 radical (unpaired) electrons. The van der Waals surface area contributed by atoms with Gasteiger partial charge < -0.3 is 24.2 Å². The SMILES string of the molecule is COc1ccc([Si](C)(C)[C@H]2[C@H](C)[C@H](CCc3ccc(N4C(=O)CC4OC(C)=O)cc3)O[C@@H]2CC(=O)N(CCO)Cc2ccccc2)cc1.